The van der Waals surface area contributed by atoms with E-state index in [0.29, 0.717) is 18.2 Å². The Hall–Kier alpha value is -2.92. The van der Waals surface area contributed by atoms with Crippen LogP contribution in [0.25, 0.3) is 0 Å². The van der Waals surface area contributed by atoms with E-state index in [2.05, 4.69) is 33.8 Å². The average Bonchev–Trinajstić information content (AvgIpc) is 2.78. The molecule has 3 N–H and O–H groups in total. The summed E-state index contributed by atoms with van der Waals surface area (Å²) in [6, 6.07) is 9.91. The maximum Gasteiger partial charge on any atom is 0.229 e. The Labute approximate surface area is 176 Å². The van der Waals surface area contributed by atoms with Crippen LogP contribution in [0.3, 0.4) is 0 Å². The number of aromatic nitrogens is 2. The van der Waals surface area contributed by atoms with Crippen LogP contribution in [0.4, 0.5) is 11.8 Å². The molecule has 158 valence electrons. The van der Waals surface area contributed by atoms with Gasteiger partial charge < -0.3 is 15.7 Å². The molecule has 1 heterocycles. The van der Waals surface area contributed by atoms with Crippen LogP contribution in [-0.2, 0) is 6.42 Å². The second-order valence-corrected chi connectivity index (χ2v) is 5.63. The van der Waals surface area contributed by atoms with E-state index in [4.69, 9.17) is 0 Å². The summed E-state index contributed by atoms with van der Waals surface area (Å²) in [6.45, 7) is 17.3. The minimum atomic E-state index is -0.133. The van der Waals surface area contributed by atoms with Gasteiger partial charge in [0.1, 0.15) is 5.82 Å². The van der Waals surface area contributed by atoms with Crippen molar-refractivity contribution in [3.63, 3.8) is 0 Å². The third-order valence-corrected chi connectivity index (χ3v) is 3.63. The maximum atomic E-state index is 9.71. The monoisotopic (exact) mass is 396 g/mol. The fourth-order valence-electron chi connectivity index (χ4n) is 2.32. The summed E-state index contributed by atoms with van der Waals surface area (Å²) in [4.78, 5) is 8.78. The number of aryl methyl sites for hydroxylation is 1. The first-order valence-electron chi connectivity index (χ1n) is 10.1. The zero-order chi connectivity index (χ0) is 22.1. The van der Waals surface area contributed by atoms with Crippen LogP contribution in [0.5, 0.6) is 0 Å². The van der Waals surface area contributed by atoms with E-state index in [9.17, 15) is 5.11 Å². The summed E-state index contributed by atoms with van der Waals surface area (Å²) >= 11 is 0. The van der Waals surface area contributed by atoms with Gasteiger partial charge in [-0.3, -0.25) is 0 Å². The van der Waals surface area contributed by atoms with Crippen molar-refractivity contribution in [1.82, 2.24) is 9.97 Å². The van der Waals surface area contributed by atoms with Crippen molar-refractivity contribution >= 4 is 11.8 Å². The molecule has 29 heavy (non-hydrogen) atoms. The topological polar surface area (TPSA) is 70.1 Å². The molecule has 0 bridgehead atoms. The summed E-state index contributed by atoms with van der Waals surface area (Å²) in [5.74, 6) is 1.15. The van der Waals surface area contributed by atoms with Crippen LogP contribution in [0.1, 0.15) is 38.8 Å². The van der Waals surface area contributed by atoms with Crippen LogP contribution < -0.4 is 10.6 Å². The lowest BCUT2D eigenvalue weighted by Gasteiger charge is -2.19. The van der Waals surface area contributed by atoms with Gasteiger partial charge in [0.05, 0.1) is 12.6 Å². The van der Waals surface area contributed by atoms with Crippen LogP contribution in [0.15, 0.2) is 73.6 Å². The molecule has 0 amide bonds. The van der Waals surface area contributed by atoms with Gasteiger partial charge in [-0.2, -0.15) is 4.98 Å². The Morgan fingerprint density at radius 1 is 1.14 bits per heavy atom. The van der Waals surface area contributed by atoms with E-state index in [1.54, 1.807) is 24.4 Å². The molecule has 0 saturated carbocycles. The standard InChI is InChI=1S/C20H24N4O.2C2H6/c1-4-9-17(5-2)23-20-21-13-15(3)19(24-20)22-18(14-25)12-16-10-7-6-8-11-16;2*1-2/h4-11,13,18,25H,1-2,12,14H2,3H3,(H2,21,22,23,24);2*1-2H3/b17-9+;;. The molecule has 1 unspecified atom stereocenters. The van der Waals surface area contributed by atoms with Gasteiger partial charge in [0.25, 0.3) is 0 Å². The summed E-state index contributed by atoms with van der Waals surface area (Å²) in [5, 5.41) is 16.1. The molecule has 1 atom stereocenters. The van der Waals surface area contributed by atoms with Crippen molar-refractivity contribution in [2.45, 2.75) is 47.1 Å². The minimum absolute atomic E-state index is 0.00930. The van der Waals surface area contributed by atoms with Crippen molar-refractivity contribution in [2.75, 3.05) is 17.2 Å². The number of aliphatic hydroxyl groups is 1. The lowest BCUT2D eigenvalue weighted by Crippen LogP contribution is -2.27. The molecule has 5 heteroatoms. The van der Waals surface area contributed by atoms with Gasteiger partial charge in [0, 0.05) is 17.5 Å². The second kappa shape index (κ2) is 16.1. The molecule has 2 aromatic rings. The van der Waals surface area contributed by atoms with Crippen molar-refractivity contribution in [2.24, 2.45) is 0 Å². The molecule has 0 aliphatic carbocycles. The minimum Gasteiger partial charge on any atom is -0.394 e. The zero-order valence-corrected chi connectivity index (χ0v) is 18.4. The number of benzene rings is 1. The third kappa shape index (κ3) is 9.72. The van der Waals surface area contributed by atoms with E-state index >= 15 is 0 Å². The first kappa shape index (κ1) is 26.1. The van der Waals surface area contributed by atoms with E-state index in [0.717, 1.165) is 16.8 Å². The number of nitrogens with zero attached hydrogens (tertiary/aromatic N) is 2. The van der Waals surface area contributed by atoms with Crippen molar-refractivity contribution in [3.05, 3.63) is 84.7 Å². The van der Waals surface area contributed by atoms with E-state index in [-0.39, 0.29) is 12.6 Å². The Morgan fingerprint density at radius 2 is 1.79 bits per heavy atom. The quantitative estimate of drug-likeness (QED) is 0.487. The highest BCUT2D eigenvalue weighted by molar-refractivity contribution is 5.50. The largest absolute Gasteiger partial charge is 0.394 e. The smallest absolute Gasteiger partial charge is 0.229 e. The Morgan fingerprint density at radius 3 is 2.34 bits per heavy atom. The lowest BCUT2D eigenvalue weighted by atomic mass is 10.1. The highest BCUT2D eigenvalue weighted by Gasteiger charge is 2.12. The van der Waals surface area contributed by atoms with Gasteiger partial charge >= 0.3 is 0 Å². The van der Waals surface area contributed by atoms with E-state index in [1.807, 2.05) is 65.0 Å². The van der Waals surface area contributed by atoms with Gasteiger partial charge in [-0.05, 0) is 31.1 Å². The number of rotatable bonds is 9. The molecule has 5 nitrogen and oxygen atoms in total. The van der Waals surface area contributed by atoms with E-state index in [1.165, 1.54) is 0 Å². The van der Waals surface area contributed by atoms with Crippen LogP contribution in [0, 0.1) is 6.92 Å². The molecule has 1 aromatic carbocycles. The van der Waals surface area contributed by atoms with Gasteiger partial charge in [-0.1, -0.05) is 77.3 Å². The van der Waals surface area contributed by atoms with Gasteiger partial charge in [-0.25, -0.2) is 4.98 Å². The zero-order valence-electron chi connectivity index (χ0n) is 18.4. The molecule has 0 radical (unpaired) electrons. The normalized spacial score (nSPS) is 11.0. The Bertz CT molecular complexity index is 742. The molecule has 0 saturated heterocycles. The average molecular weight is 397 g/mol. The Balaban J connectivity index is 0.00000184. The number of anilines is 2. The molecule has 0 spiro atoms. The first-order chi connectivity index (χ1) is 14.2. The summed E-state index contributed by atoms with van der Waals surface area (Å²) < 4.78 is 0. The number of aliphatic hydroxyl groups excluding tert-OH is 1. The molecule has 1 aromatic heterocycles. The van der Waals surface area contributed by atoms with Gasteiger partial charge in [0.15, 0.2) is 0 Å². The van der Waals surface area contributed by atoms with Gasteiger partial charge in [-0.15, -0.1) is 0 Å². The fraction of sp³-hybridized carbons (Fsp3) is 0.333. The highest BCUT2D eigenvalue weighted by Crippen LogP contribution is 2.16. The number of nitrogens with one attached hydrogen (secondary N) is 2. The summed E-state index contributed by atoms with van der Waals surface area (Å²) in [6.07, 6.45) is 7.57. The van der Waals surface area contributed by atoms with Crippen molar-refractivity contribution in [1.29, 1.82) is 0 Å². The second-order valence-electron chi connectivity index (χ2n) is 5.63. The molecular weight excluding hydrogens is 360 g/mol. The number of hydrogen-bond acceptors (Lipinski definition) is 5. The molecule has 2 rings (SSSR count). The first-order valence-corrected chi connectivity index (χ1v) is 10.1. The fourth-order valence-corrected chi connectivity index (χ4v) is 2.32. The molecular formula is C24H36N4O. The van der Waals surface area contributed by atoms with Gasteiger partial charge in [0.2, 0.25) is 5.95 Å². The number of hydrogen-bond donors (Lipinski definition) is 3. The lowest BCUT2D eigenvalue weighted by molar-refractivity contribution is 0.273. The highest BCUT2D eigenvalue weighted by atomic mass is 16.3. The van der Waals surface area contributed by atoms with E-state index < -0.39 is 0 Å². The summed E-state index contributed by atoms with van der Waals surface area (Å²) in [7, 11) is 0. The van der Waals surface area contributed by atoms with Crippen molar-refractivity contribution in [3.8, 4) is 0 Å². The van der Waals surface area contributed by atoms with Crippen LogP contribution in [0.2, 0.25) is 0 Å². The third-order valence-electron chi connectivity index (χ3n) is 3.63. The predicted octanol–water partition coefficient (Wildman–Crippen LogP) is 5.52. The number of allylic oxidation sites excluding steroid dienone is 3. The summed E-state index contributed by atoms with van der Waals surface area (Å²) in [5.41, 5.74) is 2.82. The van der Waals surface area contributed by atoms with Crippen molar-refractivity contribution < 1.29 is 5.11 Å². The van der Waals surface area contributed by atoms with Crippen LogP contribution in [-0.4, -0.2) is 27.7 Å². The predicted molar refractivity (Wildman–Crippen MR) is 126 cm³/mol. The Kier molecular flexibility index (Phi) is 14.5. The molecule has 0 fully saturated rings. The SMILES string of the molecule is C=C/C=C(\C=C)Nc1ncc(C)c(NC(CO)Cc2ccccc2)n1.CC.CC. The van der Waals surface area contributed by atoms with Crippen LogP contribution >= 0.6 is 0 Å². The molecule has 0 aliphatic heterocycles. The molecule has 0 aliphatic rings. The maximum absolute atomic E-state index is 9.71.